The van der Waals surface area contributed by atoms with Crippen molar-refractivity contribution >= 4 is 5.97 Å². The van der Waals surface area contributed by atoms with Crippen molar-refractivity contribution in [1.29, 1.82) is 0 Å². The lowest BCUT2D eigenvalue weighted by atomic mass is 9.96. The number of benzene rings is 1. The molecule has 2 rings (SSSR count). The Bertz CT molecular complexity index is 528. The maximum Gasteiger partial charge on any atom is 0.312 e. The smallest absolute Gasteiger partial charge is 0.312 e. The number of carbonyl (C=O) groups is 1. The van der Waals surface area contributed by atoms with Gasteiger partial charge in [-0.3, -0.25) is 14.8 Å². The van der Waals surface area contributed by atoms with Crippen LogP contribution in [0.15, 0.2) is 42.9 Å². The van der Waals surface area contributed by atoms with Gasteiger partial charge in [-0.1, -0.05) is 12.1 Å². The van der Waals surface area contributed by atoms with E-state index in [9.17, 15) is 14.3 Å². The van der Waals surface area contributed by atoms with Crippen LogP contribution in [-0.4, -0.2) is 21.0 Å². The zero-order valence-electron chi connectivity index (χ0n) is 9.45. The van der Waals surface area contributed by atoms with Gasteiger partial charge in [-0.05, 0) is 24.1 Å². The summed E-state index contributed by atoms with van der Waals surface area (Å²) in [7, 11) is 0. The second kappa shape index (κ2) is 5.35. The molecule has 0 fully saturated rings. The van der Waals surface area contributed by atoms with Crippen LogP contribution in [0.4, 0.5) is 4.39 Å². The first kappa shape index (κ1) is 12.2. The molecule has 1 heterocycles. The lowest BCUT2D eigenvalue weighted by molar-refractivity contribution is -0.138. The average molecular weight is 246 g/mol. The van der Waals surface area contributed by atoms with Crippen LogP contribution in [-0.2, 0) is 11.2 Å². The van der Waals surface area contributed by atoms with Crippen LogP contribution in [0.5, 0.6) is 0 Å². The summed E-state index contributed by atoms with van der Waals surface area (Å²) in [5.41, 5.74) is 1.14. The van der Waals surface area contributed by atoms with E-state index >= 15 is 0 Å². The highest BCUT2D eigenvalue weighted by atomic mass is 19.1. The summed E-state index contributed by atoms with van der Waals surface area (Å²) in [5, 5.41) is 9.20. The van der Waals surface area contributed by atoms with E-state index in [2.05, 4.69) is 9.97 Å². The van der Waals surface area contributed by atoms with Gasteiger partial charge in [0, 0.05) is 18.6 Å². The first-order valence-electron chi connectivity index (χ1n) is 5.40. The van der Waals surface area contributed by atoms with Gasteiger partial charge >= 0.3 is 5.97 Å². The van der Waals surface area contributed by atoms with Crippen molar-refractivity contribution < 1.29 is 14.3 Å². The fourth-order valence-electron chi connectivity index (χ4n) is 1.67. The van der Waals surface area contributed by atoms with Crippen LogP contribution in [0.1, 0.15) is 17.2 Å². The fourth-order valence-corrected chi connectivity index (χ4v) is 1.67. The summed E-state index contributed by atoms with van der Waals surface area (Å²) in [6.07, 6.45) is 4.63. The first-order chi connectivity index (χ1) is 8.66. The van der Waals surface area contributed by atoms with E-state index in [1.807, 2.05) is 0 Å². The maximum atomic E-state index is 12.8. The molecule has 0 bridgehead atoms. The van der Waals surface area contributed by atoms with E-state index in [1.165, 1.54) is 30.7 Å². The third-order valence-corrected chi connectivity index (χ3v) is 2.59. The Kier molecular flexibility index (Phi) is 3.62. The van der Waals surface area contributed by atoms with Gasteiger partial charge in [0.15, 0.2) is 0 Å². The third kappa shape index (κ3) is 2.88. The Hall–Kier alpha value is -2.30. The Balaban J connectivity index is 2.22. The lowest BCUT2D eigenvalue weighted by Crippen LogP contribution is -2.16. The van der Waals surface area contributed by atoms with Crippen molar-refractivity contribution in [2.45, 2.75) is 12.3 Å². The molecule has 1 aromatic carbocycles. The van der Waals surface area contributed by atoms with Crippen LogP contribution in [0.25, 0.3) is 0 Å². The van der Waals surface area contributed by atoms with Crippen molar-refractivity contribution in [2.24, 2.45) is 0 Å². The Labute approximate surface area is 103 Å². The molecule has 0 spiro atoms. The molecule has 0 saturated carbocycles. The van der Waals surface area contributed by atoms with Gasteiger partial charge in [-0.15, -0.1) is 0 Å². The number of aliphatic carboxylic acids is 1. The van der Waals surface area contributed by atoms with Gasteiger partial charge in [0.1, 0.15) is 11.7 Å². The minimum Gasteiger partial charge on any atom is -0.481 e. The monoisotopic (exact) mass is 246 g/mol. The van der Waals surface area contributed by atoms with Crippen molar-refractivity contribution in [3.05, 3.63) is 59.9 Å². The fraction of sp³-hybridized carbons (Fsp3) is 0.154. The number of rotatable bonds is 4. The number of nitrogens with zero attached hydrogens (tertiary/aromatic N) is 2. The normalized spacial score (nSPS) is 12.1. The molecule has 92 valence electrons. The highest BCUT2D eigenvalue weighted by Crippen LogP contribution is 2.19. The van der Waals surface area contributed by atoms with Crippen LogP contribution >= 0.6 is 0 Å². The summed E-state index contributed by atoms with van der Waals surface area (Å²) in [5.74, 6) is -2.09. The molecule has 1 N–H and O–H groups in total. The third-order valence-electron chi connectivity index (χ3n) is 2.59. The molecular formula is C13H11FN2O2. The Morgan fingerprint density at radius 3 is 2.56 bits per heavy atom. The van der Waals surface area contributed by atoms with Gasteiger partial charge < -0.3 is 5.11 Å². The number of hydrogen-bond acceptors (Lipinski definition) is 3. The quantitative estimate of drug-likeness (QED) is 0.896. The molecule has 4 nitrogen and oxygen atoms in total. The topological polar surface area (TPSA) is 63.1 Å². The number of aromatic nitrogens is 2. The number of carboxylic acid groups (broad SMARTS) is 1. The maximum absolute atomic E-state index is 12.8. The second-order valence-corrected chi connectivity index (χ2v) is 3.85. The molecule has 0 radical (unpaired) electrons. The Morgan fingerprint density at radius 1 is 1.28 bits per heavy atom. The highest BCUT2D eigenvalue weighted by Gasteiger charge is 2.21. The van der Waals surface area contributed by atoms with E-state index in [-0.39, 0.29) is 12.2 Å². The zero-order chi connectivity index (χ0) is 13.0. The van der Waals surface area contributed by atoms with Crippen molar-refractivity contribution in [2.75, 3.05) is 0 Å². The molecular weight excluding hydrogens is 235 g/mol. The summed E-state index contributed by atoms with van der Waals surface area (Å²) in [6, 6.07) is 5.76. The molecule has 1 aromatic heterocycles. The minimum atomic E-state index is -0.972. The van der Waals surface area contributed by atoms with Gasteiger partial charge in [-0.25, -0.2) is 4.39 Å². The van der Waals surface area contributed by atoms with E-state index in [1.54, 1.807) is 12.1 Å². The average Bonchev–Trinajstić information content (AvgIpc) is 2.38. The number of carboxylic acids is 1. The SMILES string of the molecule is O=C(O)C(Cc1ccc(F)cc1)c1cnccn1. The molecule has 1 atom stereocenters. The van der Waals surface area contributed by atoms with E-state index in [0.717, 1.165) is 5.56 Å². The molecule has 5 heteroatoms. The van der Waals surface area contributed by atoms with E-state index < -0.39 is 11.9 Å². The number of hydrogen-bond donors (Lipinski definition) is 1. The second-order valence-electron chi connectivity index (χ2n) is 3.85. The van der Waals surface area contributed by atoms with E-state index in [0.29, 0.717) is 5.69 Å². The van der Waals surface area contributed by atoms with Gasteiger partial charge in [0.2, 0.25) is 0 Å². The number of halogens is 1. The molecule has 0 aliphatic rings. The summed E-state index contributed by atoms with van der Waals surface area (Å²) in [4.78, 5) is 19.1. The Morgan fingerprint density at radius 2 is 2.00 bits per heavy atom. The zero-order valence-corrected chi connectivity index (χ0v) is 9.45. The minimum absolute atomic E-state index is 0.258. The predicted molar refractivity (Wildman–Crippen MR) is 62.5 cm³/mol. The van der Waals surface area contributed by atoms with Crippen molar-refractivity contribution in [3.63, 3.8) is 0 Å². The lowest BCUT2D eigenvalue weighted by Gasteiger charge is -2.11. The van der Waals surface area contributed by atoms with Gasteiger partial charge in [0.25, 0.3) is 0 Å². The van der Waals surface area contributed by atoms with Crippen molar-refractivity contribution in [1.82, 2.24) is 9.97 Å². The van der Waals surface area contributed by atoms with Crippen LogP contribution < -0.4 is 0 Å². The van der Waals surface area contributed by atoms with Crippen molar-refractivity contribution in [3.8, 4) is 0 Å². The van der Waals surface area contributed by atoms with Crippen LogP contribution in [0, 0.1) is 5.82 Å². The summed E-state index contributed by atoms with van der Waals surface area (Å²) < 4.78 is 12.8. The molecule has 18 heavy (non-hydrogen) atoms. The molecule has 1 unspecified atom stereocenters. The van der Waals surface area contributed by atoms with Crippen LogP contribution in [0.2, 0.25) is 0 Å². The van der Waals surface area contributed by atoms with Gasteiger partial charge in [-0.2, -0.15) is 0 Å². The summed E-state index contributed by atoms with van der Waals surface area (Å²) >= 11 is 0. The van der Waals surface area contributed by atoms with Gasteiger partial charge in [0.05, 0.1) is 5.69 Å². The molecule has 2 aromatic rings. The predicted octanol–water partition coefficient (Wildman–Crippen LogP) is 2.03. The molecule has 0 amide bonds. The standard InChI is InChI=1S/C13H11FN2O2/c14-10-3-1-9(2-4-10)7-11(13(17)18)12-8-15-5-6-16-12/h1-6,8,11H,7H2,(H,17,18). The molecule has 0 aliphatic heterocycles. The van der Waals surface area contributed by atoms with E-state index in [4.69, 9.17) is 0 Å². The molecule has 0 aliphatic carbocycles. The van der Waals surface area contributed by atoms with Crippen LogP contribution in [0.3, 0.4) is 0 Å². The molecule has 0 saturated heterocycles. The highest BCUT2D eigenvalue weighted by molar-refractivity contribution is 5.75. The summed E-state index contributed by atoms with van der Waals surface area (Å²) in [6.45, 7) is 0. The first-order valence-corrected chi connectivity index (χ1v) is 5.40. The largest absolute Gasteiger partial charge is 0.481 e.